The van der Waals surface area contributed by atoms with Crippen molar-refractivity contribution in [3.63, 3.8) is 0 Å². The molecule has 0 spiro atoms. The highest BCUT2D eigenvalue weighted by Crippen LogP contribution is 2.19. The van der Waals surface area contributed by atoms with E-state index < -0.39 is 0 Å². The molecule has 0 saturated heterocycles. The number of benzene rings is 2. The molecule has 0 aliphatic heterocycles. The first-order chi connectivity index (χ1) is 10.1. The first kappa shape index (κ1) is 13.9. The van der Waals surface area contributed by atoms with Crippen LogP contribution in [0.25, 0.3) is 10.9 Å². The summed E-state index contributed by atoms with van der Waals surface area (Å²) in [6, 6.07) is 9.97. The lowest BCUT2D eigenvalue weighted by Crippen LogP contribution is -2.21. The van der Waals surface area contributed by atoms with Crippen molar-refractivity contribution in [2.24, 2.45) is 0 Å². The second kappa shape index (κ2) is 5.41. The van der Waals surface area contributed by atoms with Gasteiger partial charge in [-0.15, -0.1) is 0 Å². The molecule has 0 fully saturated rings. The standard InChI is InChI=1S/C16H12BrFN2O/c1-10-3-2-4-13-15(10)19-9-20(16(13)21)8-11-5-6-12(18)7-14(11)17/h2-7,9H,8H2,1H3. The molecule has 0 bridgehead atoms. The van der Waals surface area contributed by atoms with Gasteiger partial charge < -0.3 is 0 Å². The molecule has 0 unspecified atom stereocenters. The molecule has 0 amide bonds. The van der Waals surface area contributed by atoms with Crippen molar-refractivity contribution in [1.82, 2.24) is 9.55 Å². The molecule has 0 atom stereocenters. The minimum Gasteiger partial charge on any atom is -0.294 e. The maximum Gasteiger partial charge on any atom is 0.261 e. The van der Waals surface area contributed by atoms with Gasteiger partial charge in [-0.05, 0) is 36.2 Å². The highest BCUT2D eigenvalue weighted by Gasteiger charge is 2.08. The van der Waals surface area contributed by atoms with Gasteiger partial charge in [0.05, 0.1) is 23.8 Å². The Morgan fingerprint density at radius 3 is 2.86 bits per heavy atom. The Labute approximate surface area is 129 Å². The summed E-state index contributed by atoms with van der Waals surface area (Å²) >= 11 is 3.31. The molecule has 0 N–H and O–H groups in total. The van der Waals surface area contributed by atoms with Crippen molar-refractivity contribution in [3.8, 4) is 0 Å². The number of aromatic nitrogens is 2. The zero-order chi connectivity index (χ0) is 15.0. The Balaban J connectivity index is 2.09. The van der Waals surface area contributed by atoms with Gasteiger partial charge in [0, 0.05) is 4.47 Å². The molecule has 3 aromatic rings. The van der Waals surface area contributed by atoms with Crippen LogP contribution in [-0.4, -0.2) is 9.55 Å². The van der Waals surface area contributed by atoms with E-state index in [1.165, 1.54) is 23.0 Å². The van der Waals surface area contributed by atoms with E-state index in [9.17, 15) is 9.18 Å². The number of hydrogen-bond donors (Lipinski definition) is 0. The Morgan fingerprint density at radius 2 is 2.10 bits per heavy atom. The van der Waals surface area contributed by atoms with Crippen molar-refractivity contribution in [2.75, 3.05) is 0 Å². The van der Waals surface area contributed by atoms with E-state index in [4.69, 9.17) is 0 Å². The minimum absolute atomic E-state index is 0.0973. The number of fused-ring (bicyclic) bond motifs is 1. The molecule has 0 aliphatic rings. The van der Waals surface area contributed by atoms with E-state index in [1.54, 1.807) is 12.1 Å². The quantitative estimate of drug-likeness (QED) is 0.709. The Morgan fingerprint density at radius 1 is 1.29 bits per heavy atom. The molecule has 106 valence electrons. The number of hydrogen-bond acceptors (Lipinski definition) is 2. The first-order valence-electron chi connectivity index (χ1n) is 6.45. The predicted molar refractivity (Wildman–Crippen MR) is 83.9 cm³/mol. The number of halogens is 2. The molecular formula is C16H12BrFN2O. The van der Waals surface area contributed by atoms with Crippen LogP contribution in [0.1, 0.15) is 11.1 Å². The lowest BCUT2D eigenvalue weighted by atomic mass is 10.1. The first-order valence-corrected chi connectivity index (χ1v) is 7.24. The lowest BCUT2D eigenvalue weighted by Gasteiger charge is -2.09. The summed E-state index contributed by atoms with van der Waals surface area (Å²) in [5, 5.41) is 0.593. The molecule has 1 aromatic heterocycles. The summed E-state index contributed by atoms with van der Waals surface area (Å²) in [5.41, 5.74) is 2.42. The molecule has 1 heterocycles. The summed E-state index contributed by atoms with van der Waals surface area (Å²) in [4.78, 5) is 16.9. The zero-order valence-corrected chi connectivity index (χ0v) is 12.9. The molecule has 5 heteroatoms. The van der Waals surface area contributed by atoms with Gasteiger partial charge in [-0.25, -0.2) is 9.37 Å². The maximum absolute atomic E-state index is 13.1. The predicted octanol–water partition coefficient (Wildman–Crippen LogP) is 3.65. The van der Waals surface area contributed by atoms with Crippen molar-refractivity contribution in [2.45, 2.75) is 13.5 Å². The Kier molecular flexibility index (Phi) is 3.59. The van der Waals surface area contributed by atoms with Gasteiger partial charge in [0.2, 0.25) is 0 Å². The van der Waals surface area contributed by atoms with Crippen molar-refractivity contribution in [3.05, 3.63) is 74.5 Å². The number of para-hydroxylation sites is 1. The molecule has 3 rings (SSSR count). The van der Waals surface area contributed by atoms with Gasteiger partial charge in [0.1, 0.15) is 5.82 Å². The fraction of sp³-hybridized carbons (Fsp3) is 0.125. The monoisotopic (exact) mass is 346 g/mol. The minimum atomic E-state index is -0.315. The average Bonchev–Trinajstić information content (AvgIpc) is 2.45. The average molecular weight is 347 g/mol. The van der Waals surface area contributed by atoms with Gasteiger partial charge in [-0.2, -0.15) is 0 Å². The van der Waals surface area contributed by atoms with Crippen LogP contribution >= 0.6 is 15.9 Å². The molecule has 21 heavy (non-hydrogen) atoms. The van der Waals surface area contributed by atoms with Crippen LogP contribution in [-0.2, 0) is 6.54 Å². The third-order valence-corrected chi connectivity index (χ3v) is 4.15. The van der Waals surface area contributed by atoms with E-state index in [-0.39, 0.29) is 11.4 Å². The number of aryl methyl sites for hydroxylation is 1. The van der Waals surface area contributed by atoms with Crippen LogP contribution in [0.5, 0.6) is 0 Å². The van der Waals surface area contributed by atoms with E-state index in [1.807, 2.05) is 19.1 Å². The molecule has 2 aromatic carbocycles. The largest absolute Gasteiger partial charge is 0.294 e. The summed E-state index contributed by atoms with van der Waals surface area (Å²) in [6.45, 7) is 2.27. The number of rotatable bonds is 2. The van der Waals surface area contributed by atoms with E-state index >= 15 is 0 Å². The van der Waals surface area contributed by atoms with Crippen molar-refractivity contribution in [1.29, 1.82) is 0 Å². The van der Waals surface area contributed by atoms with Crippen LogP contribution in [0, 0.1) is 12.7 Å². The van der Waals surface area contributed by atoms with Crippen LogP contribution in [0.15, 0.2) is 52.0 Å². The molecule has 0 aliphatic carbocycles. The third kappa shape index (κ3) is 2.61. The second-order valence-corrected chi connectivity index (χ2v) is 5.74. The van der Waals surface area contributed by atoms with Crippen LogP contribution in [0.4, 0.5) is 4.39 Å². The maximum atomic E-state index is 13.1. The third-order valence-electron chi connectivity index (χ3n) is 3.41. The second-order valence-electron chi connectivity index (χ2n) is 4.88. The highest BCUT2D eigenvalue weighted by molar-refractivity contribution is 9.10. The Hall–Kier alpha value is -2.01. The fourth-order valence-electron chi connectivity index (χ4n) is 2.28. The van der Waals surface area contributed by atoms with Gasteiger partial charge in [-0.3, -0.25) is 9.36 Å². The molecule has 0 saturated carbocycles. The normalized spacial score (nSPS) is 11.0. The van der Waals surface area contributed by atoms with E-state index in [0.29, 0.717) is 16.4 Å². The topological polar surface area (TPSA) is 34.9 Å². The smallest absolute Gasteiger partial charge is 0.261 e. The summed E-state index contributed by atoms with van der Waals surface area (Å²) < 4.78 is 15.3. The molecular weight excluding hydrogens is 335 g/mol. The number of nitrogens with zero attached hydrogens (tertiary/aromatic N) is 2. The zero-order valence-electron chi connectivity index (χ0n) is 11.3. The van der Waals surface area contributed by atoms with Crippen LogP contribution in [0.2, 0.25) is 0 Å². The highest BCUT2D eigenvalue weighted by atomic mass is 79.9. The summed E-state index contributed by atoms with van der Waals surface area (Å²) in [7, 11) is 0. The van der Waals surface area contributed by atoms with E-state index in [0.717, 1.165) is 16.6 Å². The van der Waals surface area contributed by atoms with Crippen LogP contribution < -0.4 is 5.56 Å². The van der Waals surface area contributed by atoms with Gasteiger partial charge >= 0.3 is 0 Å². The van der Waals surface area contributed by atoms with Gasteiger partial charge in [0.25, 0.3) is 5.56 Å². The summed E-state index contributed by atoms with van der Waals surface area (Å²) in [6.07, 6.45) is 1.54. The van der Waals surface area contributed by atoms with E-state index in [2.05, 4.69) is 20.9 Å². The fourth-order valence-corrected chi connectivity index (χ4v) is 2.76. The van der Waals surface area contributed by atoms with Gasteiger partial charge in [-0.1, -0.05) is 34.1 Å². The molecule has 3 nitrogen and oxygen atoms in total. The lowest BCUT2D eigenvalue weighted by molar-refractivity contribution is 0.624. The van der Waals surface area contributed by atoms with Crippen LogP contribution in [0.3, 0.4) is 0 Å². The van der Waals surface area contributed by atoms with Crippen molar-refractivity contribution >= 4 is 26.8 Å². The summed E-state index contributed by atoms with van der Waals surface area (Å²) in [5.74, 6) is -0.315. The molecule has 0 radical (unpaired) electrons. The Bertz CT molecular complexity index is 889. The van der Waals surface area contributed by atoms with Crippen molar-refractivity contribution < 1.29 is 4.39 Å². The SMILES string of the molecule is Cc1cccc2c(=O)n(Cc3ccc(F)cc3Br)cnc12. The van der Waals surface area contributed by atoms with Gasteiger partial charge in [0.15, 0.2) is 0 Å².